The van der Waals surface area contributed by atoms with E-state index in [-0.39, 0.29) is 41.4 Å². The van der Waals surface area contributed by atoms with E-state index in [1.54, 1.807) is 0 Å². The van der Waals surface area contributed by atoms with Crippen molar-refractivity contribution in [2.24, 2.45) is 5.73 Å². The van der Waals surface area contributed by atoms with Crippen molar-refractivity contribution in [2.75, 3.05) is 11.4 Å². The second kappa shape index (κ2) is 10.0. The van der Waals surface area contributed by atoms with E-state index in [4.69, 9.17) is 17.3 Å². The van der Waals surface area contributed by atoms with Crippen LogP contribution < -0.4 is 10.6 Å². The van der Waals surface area contributed by atoms with E-state index in [1.807, 2.05) is 0 Å². The summed E-state index contributed by atoms with van der Waals surface area (Å²) in [4.78, 5) is 43.7. The second-order valence-corrected chi connectivity index (χ2v) is 7.91. The van der Waals surface area contributed by atoms with Gasteiger partial charge in [-0.25, -0.2) is 18.2 Å². The van der Waals surface area contributed by atoms with Gasteiger partial charge in [0.15, 0.2) is 11.6 Å². The number of carbonyl (C=O) groups is 3. The first-order valence-electron chi connectivity index (χ1n) is 9.85. The van der Waals surface area contributed by atoms with E-state index in [1.165, 1.54) is 29.2 Å². The molecule has 174 valence electrons. The molecule has 1 aliphatic rings. The third kappa shape index (κ3) is 5.51. The van der Waals surface area contributed by atoms with Gasteiger partial charge in [0, 0.05) is 23.9 Å². The number of alkyl halides is 2. The number of hydrogen-bond acceptors (Lipinski definition) is 4. The molecule has 0 aliphatic carbocycles. The summed E-state index contributed by atoms with van der Waals surface area (Å²) in [5.74, 6) is -3.11. The molecule has 3 rings (SSSR count). The van der Waals surface area contributed by atoms with Crippen LogP contribution in [0.1, 0.15) is 30.4 Å². The SMILES string of the molecule is C=C(CCC1C(=O)N(c2ncc(Cl)cc2F)CC(=O)N1Cc1ccc(C(F)F)cc1)C(N)=O. The summed E-state index contributed by atoms with van der Waals surface area (Å²) >= 11 is 5.73. The number of halogens is 4. The van der Waals surface area contributed by atoms with E-state index in [9.17, 15) is 27.6 Å². The minimum absolute atomic E-state index is 0.00677. The van der Waals surface area contributed by atoms with E-state index >= 15 is 0 Å². The lowest BCUT2D eigenvalue weighted by atomic mass is 10.00. The molecule has 0 saturated carbocycles. The zero-order valence-electron chi connectivity index (χ0n) is 17.3. The fraction of sp³-hybridized carbons (Fsp3) is 0.273. The summed E-state index contributed by atoms with van der Waals surface area (Å²) in [7, 11) is 0. The highest BCUT2D eigenvalue weighted by Crippen LogP contribution is 2.28. The quantitative estimate of drug-likeness (QED) is 0.586. The third-order valence-electron chi connectivity index (χ3n) is 5.24. The highest BCUT2D eigenvalue weighted by molar-refractivity contribution is 6.30. The first kappa shape index (κ1) is 24.2. The average Bonchev–Trinajstić information content (AvgIpc) is 2.76. The molecule has 1 saturated heterocycles. The van der Waals surface area contributed by atoms with Crippen LogP contribution in [0, 0.1) is 5.82 Å². The Kier molecular flexibility index (Phi) is 7.37. The van der Waals surface area contributed by atoms with Crippen LogP contribution in [0.15, 0.2) is 48.7 Å². The predicted octanol–water partition coefficient (Wildman–Crippen LogP) is 3.38. The molecule has 2 N–H and O–H groups in total. The van der Waals surface area contributed by atoms with Crippen molar-refractivity contribution in [3.8, 4) is 0 Å². The molecule has 1 aromatic heterocycles. The lowest BCUT2D eigenvalue weighted by Crippen LogP contribution is -2.60. The van der Waals surface area contributed by atoms with Crippen LogP contribution in [0.4, 0.5) is 19.0 Å². The number of anilines is 1. The van der Waals surface area contributed by atoms with Gasteiger partial charge >= 0.3 is 0 Å². The van der Waals surface area contributed by atoms with Gasteiger partial charge in [0.05, 0.1) is 5.02 Å². The largest absolute Gasteiger partial charge is 0.366 e. The molecule has 2 heterocycles. The van der Waals surface area contributed by atoms with Crippen LogP contribution in [0.2, 0.25) is 5.02 Å². The Morgan fingerprint density at radius 1 is 1.27 bits per heavy atom. The van der Waals surface area contributed by atoms with Gasteiger partial charge in [-0.15, -0.1) is 0 Å². The van der Waals surface area contributed by atoms with Crippen LogP contribution in [0.5, 0.6) is 0 Å². The molecule has 33 heavy (non-hydrogen) atoms. The Morgan fingerprint density at radius 2 is 1.94 bits per heavy atom. The summed E-state index contributed by atoms with van der Waals surface area (Å²) in [5, 5.41) is 0.0233. The zero-order valence-corrected chi connectivity index (χ0v) is 18.1. The summed E-state index contributed by atoms with van der Waals surface area (Å²) in [6.07, 6.45) is -1.48. The van der Waals surface area contributed by atoms with Gasteiger partial charge < -0.3 is 10.6 Å². The van der Waals surface area contributed by atoms with Crippen molar-refractivity contribution in [1.82, 2.24) is 9.88 Å². The van der Waals surface area contributed by atoms with Crippen molar-refractivity contribution in [3.63, 3.8) is 0 Å². The fourth-order valence-electron chi connectivity index (χ4n) is 3.45. The van der Waals surface area contributed by atoms with Crippen LogP contribution >= 0.6 is 11.6 Å². The van der Waals surface area contributed by atoms with Crippen molar-refractivity contribution in [3.05, 3.63) is 70.6 Å². The van der Waals surface area contributed by atoms with Gasteiger partial charge in [-0.2, -0.15) is 0 Å². The van der Waals surface area contributed by atoms with Crippen LogP contribution in [0.3, 0.4) is 0 Å². The minimum Gasteiger partial charge on any atom is -0.366 e. The molecule has 1 aromatic carbocycles. The van der Waals surface area contributed by atoms with Crippen molar-refractivity contribution in [1.29, 1.82) is 0 Å². The van der Waals surface area contributed by atoms with E-state index < -0.39 is 42.6 Å². The lowest BCUT2D eigenvalue weighted by Gasteiger charge is -2.40. The van der Waals surface area contributed by atoms with Gasteiger partial charge in [-0.1, -0.05) is 42.4 Å². The normalized spacial score (nSPS) is 16.5. The topological polar surface area (TPSA) is 96.6 Å². The molecule has 3 amide bonds. The van der Waals surface area contributed by atoms with Crippen LogP contribution in [-0.4, -0.2) is 40.2 Å². The standard InChI is InChI=1S/C22H20ClF3N4O3/c1-12(20(27)32)2-7-17-22(33)30(21-16(24)8-15(23)9-28-21)11-18(31)29(17)10-13-3-5-14(6-4-13)19(25)26/h3-6,8-9,17,19H,1-2,7,10-11H2,(H2,27,32). The molecule has 0 radical (unpaired) electrons. The molecule has 2 aromatic rings. The first-order chi connectivity index (χ1) is 15.6. The molecule has 0 spiro atoms. The van der Waals surface area contributed by atoms with Crippen molar-refractivity contribution in [2.45, 2.75) is 31.9 Å². The van der Waals surface area contributed by atoms with Crippen molar-refractivity contribution < 1.29 is 27.6 Å². The molecule has 11 heteroatoms. The number of amides is 3. The van der Waals surface area contributed by atoms with Crippen molar-refractivity contribution >= 4 is 35.1 Å². The summed E-state index contributed by atoms with van der Waals surface area (Å²) in [6, 6.07) is 5.23. The maximum absolute atomic E-state index is 14.4. The Bertz CT molecular complexity index is 1090. The van der Waals surface area contributed by atoms with Crippen LogP contribution in [-0.2, 0) is 20.9 Å². The maximum atomic E-state index is 14.4. The van der Waals surface area contributed by atoms with E-state index in [0.29, 0.717) is 5.56 Å². The first-order valence-corrected chi connectivity index (χ1v) is 10.2. The molecule has 1 atom stereocenters. The highest BCUT2D eigenvalue weighted by Gasteiger charge is 2.41. The fourth-order valence-corrected chi connectivity index (χ4v) is 3.60. The third-order valence-corrected chi connectivity index (χ3v) is 5.44. The second-order valence-electron chi connectivity index (χ2n) is 7.47. The monoisotopic (exact) mass is 480 g/mol. The van der Waals surface area contributed by atoms with Crippen LogP contribution in [0.25, 0.3) is 0 Å². The molecule has 7 nitrogen and oxygen atoms in total. The number of nitrogens with two attached hydrogens (primary N) is 1. The number of rotatable bonds is 8. The maximum Gasteiger partial charge on any atom is 0.263 e. The average molecular weight is 481 g/mol. The molecule has 0 bridgehead atoms. The number of piperazine rings is 1. The zero-order chi connectivity index (χ0) is 24.3. The predicted molar refractivity (Wildman–Crippen MR) is 115 cm³/mol. The number of pyridine rings is 1. The Balaban J connectivity index is 1.90. The molecular formula is C22H20ClF3N4O3. The van der Waals surface area contributed by atoms with E-state index in [0.717, 1.165) is 17.2 Å². The van der Waals surface area contributed by atoms with Gasteiger partial charge in [0.1, 0.15) is 12.6 Å². The molecule has 1 fully saturated rings. The number of benzene rings is 1. The number of nitrogens with zero attached hydrogens (tertiary/aromatic N) is 3. The molecular weight excluding hydrogens is 461 g/mol. The minimum atomic E-state index is -2.64. The molecule has 1 unspecified atom stereocenters. The smallest absolute Gasteiger partial charge is 0.263 e. The number of aromatic nitrogens is 1. The Hall–Kier alpha value is -3.40. The summed E-state index contributed by atoms with van der Waals surface area (Å²) < 4.78 is 40.1. The van der Waals surface area contributed by atoms with Gasteiger partial charge in [0.2, 0.25) is 11.8 Å². The Labute approximate surface area is 192 Å². The number of primary amides is 1. The molecule has 1 aliphatic heterocycles. The Morgan fingerprint density at radius 3 is 2.52 bits per heavy atom. The summed E-state index contributed by atoms with van der Waals surface area (Å²) in [6.45, 7) is 3.03. The van der Waals surface area contributed by atoms with Gasteiger partial charge in [-0.05, 0) is 24.5 Å². The summed E-state index contributed by atoms with van der Waals surface area (Å²) in [5.41, 5.74) is 5.62. The number of carbonyl (C=O) groups excluding carboxylic acids is 3. The highest BCUT2D eigenvalue weighted by atomic mass is 35.5. The number of hydrogen-bond donors (Lipinski definition) is 1. The van der Waals surface area contributed by atoms with Gasteiger partial charge in [0.25, 0.3) is 12.3 Å². The van der Waals surface area contributed by atoms with Gasteiger partial charge in [-0.3, -0.25) is 19.3 Å². The van der Waals surface area contributed by atoms with E-state index in [2.05, 4.69) is 11.6 Å². The lowest BCUT2D eigenvalue weighted by molar-refractivity contribution is -0.144.